The second-order valence-corrected chi connectivity index (χ2v) is 7.03. The Balaban J connectivity index is 1.56. The van der Waals surface area contributed by atoms with Crippen molar-refractivity contribution in [3.63, 3.8) is 0 Å². The Morgan fingerprint density at radius 3 is 2.48 bits per heavy atom. The SMILES string of the molecule is COc1ccc(C=CC(=O)N2CCCN(Cc3ccc(F)cc3)CC2)cc1OC. The fourth-order valence-corrected chi connectivity index (χ4v) is 3.43. The van der Waals surface area contributed by atoms with Crippen molar-refractivity contribution >= 4 is 12.0 Å². The molecule has 0 aliphatic carbocycles. The monoisotopic (exact) mass is 398 g/mol. The summed E-state index contributed by atoms with van der Waals surface area (Å²) in [6.45, 7) is 3.89. The van der Waals surface area contributed by atoms with Crippen LogP contribution in [0.25, 0.3) is 6.08 Å². The Morgan fingerprint density at radius 1 is 1.00 bits per heavy atom. The van der Waals surface area contributed by atoms with Gasteiger partial charge in [0.25, 0.3) is 0 Å². The molecule has 0 N–H and O–H groups in total. The van der Waals surface area contributed by atoms with Crippen molar-refractivity contribution in [2.24, 2.45) is 0 Å². The summed E-state index contributed by atoms with van der Waals surface area (Å²) in [6.07, 6.45) is 4.32. The molecule has 0 bridgehead atoms. The number of amides is 1. The summed E-state index contributed by atoms with van der Waals surface area (Å²) in [5.74, 6) is 1.07. The molecule has 1 heterocycles. The van der Waals surface area contributed by atoms with E-state index in [1.807, 2.05) is 35.2 Å². The zero-order chi connectivity index (χ0) is 20.6. The normalized spacial score (nSPS) is 15.3. The molecule has 0 unspecified atom stereocenters. The number of carbonyl (C=O) groups excluding carboxylic acids is 1. The highest BCUT2D eigenvalue weighted by atomic mass is 19.1. The van der Waals surface area contributed by atoms with Crippen molar-refractivity contribution < 1.29 is 18.7 Å². The van der Waals surface area contributed by atoms with Crippen molar-refractivity contribution in [3.8, 4) is 11.5 Å². The van der Waals surface area contributed by atoms with E-state index in [1.165, 1.54) is 12.1 Å². The highest BCUT2D eigenvalue weighted by Gasteiger charge is 2.17. The van der Waals surface area contributed by atoms with E-state index in [-0.39, 0.29) is 11.7 Å². The molecule has 1 aliphatic rings. The standard InChI is InChI=1S/C23H27FN2O3/c1-28-21-10-6-18(16-22(21)29-2)7-11-23(27)26-13-3-12-25(14-15-26)17-19-4-8-20(24)9-5-19/h4-11,16H,3,12-15,17H2,1-2H3. The average Bonchev–Trinajstić information content (AvgIpc) is 2.99. The van der Waals surface area contributed by atoms with E-state index in [4.69, 9.17) is 9.47 Å². The molecule has 1 aliphatic heterocycles. The minimum Gasteiger partial charge on any atom is -0.493 e. The number of carbonyl (C=O) groups is 1. The zero-order valence-electron chi connectivity index (χ0n) is 16.9. The van der Waals surface area contributed by atoms with Crippen LogP contribution in [-0.4, -0.2) is 56.1 Å². The molecule has 3 rings (SSSR count). The van der Waals surface area contributed by atoms with Gasteiger partial charge in [0.15, 0.2) is 11.5 Å². The Bertz CT molecular complexity index is 852. The molecule has 0 saturated carbocycles. The number of benzene rings is 2. The highest BCUT2D eigenvalue weighted by molar-refractivity contribution is 5.91. The maximum Gasteiger partial charge on any atom is 0.246 e. The Hall–Kier alpha value is -2.86. The van der Waals surface area contributed by atoms with Gasteiger partial charge in [-0.25, -0.2) is 4.39 Å². The first kappa shape index (κ1) is 20.9. The van der Waals surface area contributed by atoms with Crippen LogP contribution in [0.3, 0.4) is 0 Å². The van der Waals surface area contributed by atoms with Crippen LogP contribution in [-0.2, 0) is 11.3 Å². The molecule has 6 heteroatoms. The van der Waals surface area contributed by atoms with Gasteiger partial charge in [-0.3, -0.25) is 9.69 Å². The Labute approximate surface area is 171 Å². The molecular formula is C23H27FN2O3. The van der Waals surface area contributed by atoms with E-state index in [1.54, 1.807) is 26.4 Å². The summed E-state index contributed by atoms with van der Waals surface area (Å²) in [5, 5.41) is 0. The molecule has 154 valence electrons. The predicted octanol–water partition coefficient (Wildman–Crippen LogP) is 3.59. The van der Waals surface area contributed by atoms with Crippen molar-refractivity contribution in [1.82, 2.24) is 9.80 Å². The van der Waals surface area contributed by atoms with Crippen LogP contribution in [0.4, 0.5) is 4.39 Å². The quantitative estimate of drug-likeness (QED) is 0.698. The fourth-order valence-electron chi connectivity index (χ4n) is 3.43. The number of ether oxygens (including phenoxy) is 2. The predicted molar refractivity (Wildman–Crippen MR) is 111 cm³/mol. The minimum atomic E-state index is -0.220. The summed E-state index contributed by atoms with van der Waals surface area (Å²) in [6, 6.07) is 12.2. The van der Waals surface area contributed by atoms with Crippen molar-refractivity contribution in [2.45, 2.75) is 13.0 Å². The number of nitrogens with zero attached hydrogens (tertiary/aromatic N) is 2. The Kier molecular flexibility index (Phi) is 7.25. The van der Waals surface area contributed by atoms with Crippen LogP contribution in [0, 0.1) is 5.82 Å². The smallest absolute Gasteiger partial charge is 0.246 e. The van der Waals surface area contributed by atoms with Gasteiger partial charge >= 0.3 is 0 Å². The Morgan fingerprint density at radius 2 is 1.76 bits per heavy atom. The van der Waals surface area contributed by atoms with Gasteiger partial charge in [0, 0.05) is 38.8 Å². The van der Waals surface area contributed by atoms with Gasteiger partial charge < -0.3 is 14.4 Å². The minimum absolute atomic E-state index is 0.00316. The molecule has 1 saturated heterocycles. The first-order chi connectivity index (χ1) is 14.1. The van der Waals surface area contributed by atoms with Crippen molar-refractivity contribution in [2.75, 3.05) is 40.4 Å². The second-order valence-electron chi connectivity index (χ2n) is 7.03. The molecule has 0 radical (unpaired) electrons. The van der Waals surface area contributed by atoms with E-state index in [0.717, 1.165) is 43.7 Å². The summed E-state index contributed by atoms with van der Waals surface area (Å²) < 4.78 is 23.6. The topological polar surface area (TPSA) is 42.0 Å². The lowest BCUT2D eigenvalue weighted by Crippen LogP contribution is -2.34. The van der Waals surface area contributed by atoms with Crippen LogP contribution >= 0.6 is 0 Å². The molecule has 0 spiro atoms. The number of hydrogen-bond acceptors (Lipinski definition) is 4. The largest absolute Gasteiger partial charge is 0.493 e. The maximum atomic E-state index is 13.1. The van der Waals surface area contributed by atoms with Gasteiger partial charge in [-0.05, 0) is 47.9 Å². The van der Waals surface area contributed by atoms with Crippen molar-refractivity contribution in [3.05, 3.63) is 65.5 Å². The van der Waals surface area contributed by atoms with Crippen LogP contribution in [0.2, 0.25) is 0 Å². The van der Waals surface area contributed by atoms with Gasteiger partial charge in [-0.2, -0.15) is 0 Å². The second kappa shape index (κ2) is 10.1. The molecule has 2 aromatic carbocycles. The summed E-state index contributed by atoms with van der Waals surface area (Å²) in [4.78, 5) is 16.8. The summed E-state index contributed by atoms with van der Waals surface area (Å²) in [5.41, 5.74) is 1.96. The van der Waals surface area contributed by atoms with Crippen LogP contribution in [0.15, 0.2) is 48.5 Å². The lowest BCUT2D eigenvalue weighted by Gasteiger charge is -2.21. The molecule has 29 heavy (non-hydrogen) atoms. The number of halogens is 1. The molecule has 5 nitrogen and oxygen atoms in total. The van der Waals surface area contributed by atoms with E-state index < -0.39 is 0 Å². The number of methoxy groups -OCH3 is 2. The van der Waals surface area contributed by atoms with Gasteiger partial charge in [-0.15, -0.1) is 0 Å². The lowest BCUT2D eigenvalue weighted by molar-refractivity contribution is -0.125. The molecular weight excluding hydrogens is 371 g/mol. The van der Waals surface area contributed by atoms with Gasteiger partial charge in [0.2, 0.25) is 5.91 Å². The maximum absolute atomic E-state index is 13.1. The first-order valence-electron chi connectivity index (χ1n) is 9.75. The average molecular weight is 398 g/mol. The van der Waals surface area contributed by atoms with Gasteiger partial charge in [0.05, 0.1) is 14.2 Å². The number of rotatable bonds is 6. The van der Waals surface area contributed by atoms with E-state index >= 15 is 0 Å². The molecule has 0 atom stereocenters. The fraction of sp³-hybridized carbons (Fsp3) is 0.348. The third-order valence-corrected chi connectivity index (χ3v) is 5.05. The first-order valence-corrected chi connectivity index (χ1v) is 9.75. The number of hydrogen-bond donors (Lipinski definition) is 0. The molecule has 1 amide bonds. The molecule has 0 aromatic heterocycles. The highest BCUT2D eigenvalue weighted by Crippen LogP contribution is 2.28. The zero-order valence-corrected chi connectivity index (χ0v) is 16.9. The van der Waals surface area contributed by atoms with Crippen LogP contribution < -0.4 is 9.47 Å². The molecule has 2 aromatic rings. The summed E-state index contributed by atoms with van der Waals surface area (Å²) >= 11 is 0. The van der Waals surface area contributed by atoms with E-state index in [0.29, 0.717) is 18.0 Å². The van der Waals surface area contributed by atoms with Crippen LogP contribution in [0.5, 0.6) is 11.5 Å². The third-order valence-electron chi connectivity index (χ3n) is 5.05. The third kappa shape index (κ3) is 5.81. The van der Waals surface area contributed by atoms with Crippen LogP contribution in [0.1, 0.15) is 17.5 Å². The van der Waals surface area contributed by atoms with Crippen molar-refractivity contribution in [1.29, 1.82) is 0 Å². The van der Waals surface area contributed by atoms with Gasteiger partial charge in [0.1, 0.15) is 5.82 Å². The summed E-state index contributed by atoms with van der Waals surface area (Å²) in [7, 11) is 3.18. The van der Waals surface area contributed by atoms with Gasteiger partial charge in [-0.1, -0.05) is 18.2 Å². The lowest BCUT2D eigenvalue weighted by atomic mass is 10.2. The van der Waals surface area contributed by atoms with E-state index in [2.05, 4.69) is 4.90 Å². The van der Waals surface area contributed by atoms with E-state index in [9.17, 15) is 9.18 Å². The molecule has 1 fully saturated rings.